The van der Waals surface area contributed by atoms with Crippen molar-refractivity contribution < 1.29 is 4.74 Å². The zero-order valence-corrected chi connectivity index (χ0v) is 8.65. The van der Waals surface area contributed by atoms with Gasteiger partial charge in [-0.1, -0.05) is 0 Å². The van der Waals surface area contributed by atoms with E-state index in [0.29, 0.717) is 0 Å². The van der Waals surface area contributed by atoms with E-state index in [2.05, 4.69) is 24.1 Å². The van der Waals surface area contributed by atoms with Gasteiger partial charge in [0.05, 0.1) is 6.61 Å². The molecule has 0 saturated carbocycles. The maximum Gasteiger partial charge on any atom is 0.0645 e. The molecule has 0 radical (unpaired) electrons. The van der Waals surface area contributed by atoms with E-state index in [1.807, 2.05) is 6.92 Å². The standard InChI is InChI=1S/C11H19NO/c1-3-4-5-8-12-11(2)7-6-9-13-10-11/h12H,5-10H2,1-2H3. The lowest BCUT2D eigenvalue weighted by Crippen LogP contribution is -2.49. The Labute approximate surface area is 81.0 Å². The summed E-state index contributed by atoms with van der Waals surface area (Å²) < 4.78 is 5.44. The summed E-state index contributed by atoms with van der Waals surface area (Å²) in [6, 6.07) is 0. The second-order valence-corrected chi connectivity index (χ2v) is 3.82. The van der Waals surface area contributed by atoms with Crippen LogP contribution in [-0.2, 0) is 4.74 Å². The third-order valence-corrected chi connectivity index (χ3v) is 2.42. The van der Waals surface area contributed by atoms with Crippen LogP contribution in [0.2, 0.25) is 0 Å². The highest BCUT2D eigenvalue weighted by Crippen LogP contribution is 2.17. The minimum absolute atomic E-state index is 0.188. The molecule has 1 saturated heterocycles. The second-order valence-electron chi connectivity index (χ2n) is 3.82. The second kappa shape index (κ2) is 5.26. The highest BCUT2D eigenvalue weighted by Gasteiger charge is 2.26. The van der Waals surface area contributed by atoms with Gasteiger partial charge < -0.3 is 10.1 Å². The van der Waals surface area contributed by atoms with Crippen LogP contribution in [-0.4, -0.2) is 25.3 Å². The van der Waals surface area contributed by atoms with Crippen LogP contribution in [0.25, 0.3) is 0 Å². The Bertz CT molecular complexity index is 196. The topological polar surface area (TPSA) is 21.3 Å². The Balaban J connectivity index is 2.19. The van der Waals surface area contributed by atoms with Crippen molar-refractivity contribution in [3.8, 4) is 11.8 Å². The molecule has 0 amide bonds. The molecule has 1 rings (SSSR count). The number of hydrogen-bond donors (Lipinski definition) is 1. The molecule has 1 heterocycles. The Hall–Kier alpha value is -0.520. The molecule has 1 aliphatic rings. The van der Waals surface area contributed by atoms with Crippen molar-refractivity contribution in [3.05, 3.63) is 0 Å². The van der Waals surface area contributed by atoms with Crippen LogP contribution < -0.4 is 5.32 Å². The SMILES string of the molecule is CC#CCCNC1(C)CCCOC1. The van der Waals surface area contributed by atoms with Gasteiger partial charge in [0.2, 0.25) is 0 Å². The lowest BCUT2D eigenvalue weighted by atomic mass is 9.95. The largest absolute Gasteiger partial charge is 0.380 e. The minimum Gasteiger partial charge on any atom is -0.380 e. The summed E-state index contributed by atoms with van der Waals surface area (Å²) in [5.41, 5.74) is 0.188. The first-order valence-corrected chi connectivity index (χ1v) is 4.99. The fraction of sp³-hybridized carbons (Fsp3) is 0.818. The van der Waals surface area contributed by atoms with Gasteiger partial charge in [-0.3, -0.25) is 0 Å². The van der Waals surface area contributed by atoms with Gasteiger partial charge in [-0.2, -0.15) is 0 Å². The summed E-state index contributed by atoms with van der Waals surface area (Å²) in [4.78, 5) is 0. The average Bonchev–Trinajstić information content (AvgIpc) is 2.14. The minimum atomic E-state index is 0.188. The predicted octanol–water partition coefficient (Wildman–Crippen LogP) is 1.56. The molecule has 0 aromatic rings. The molecule has 1 atom stereocenters. The van der Waals surface area contributed by atoms with Crippen molar-refractivity contribution in [2.24, 2.45) is 0 Å². The highest BCUT2D eigenvalue weighted by molar-refractivity contribution is 4.96. The lowest BCUT2D eigenvalue weighted by Gasteiger charge is -2.34. The Morgan fingerprint density at radius 2 is 2.38 bits per heavy atom. The van der Waals surface area contributed by atoms with E-state index in [1.54, 1.807) is 0 Å². The normalized spacial score (nSPS) is 27.8. The Morgan fingerprint density at radius 1 is 1.54 bits per heavy atom. The number of rotatable bonds is 3. The quantitative estimate of drug-likeness (QED) is 0.527. The molecule has 0 aliphatic carbocycles. The van der Waals surface area contributed by atoms with Crippen LogP contribution in [0.15, 0.2) is 0 Å². The molecule has 0 spiro atoms. The molecule has 74 valence electrons. The van der Waals surface area contributed by atoms with Gasteiger partial charge >= 0.3 is 0 Å². The molecule has 2 heteroatoms. The van der Waals surface area contributed by atoms with Gasteiger partial charge in [-0.25, -0.2) is 0 Å². The smallest absolute Gasteiger partial charge is 0.0645 e. The van der Waals surface area contributed by atoms with E-state index in [-0.39, 0.29) is 5.54 Å². The number of ether oxygens (including phenoxy) is 1. The molecule has 13 heavy (non-hydrogen) atoms. The number of hydrogen-bond acceptors (Lipinski definition) is 2. The molecular weight excluding hydrogens is 162 g/mol. The summed E-state index contributed by atoms with van der Waals surface area (Å²) in [5.74, 6) is 5.95. The first kappa shape index (κ1) is 10.6. The number of nitrogens with one attached hydrogen (secondary N) is 1. The van der Waals surface area contributed by atoms with E-state index < -0.39 is 0 Å². The molecule has 2 nitrogen and oxygen atoms in total. The fourth-order valence-corrected chi connectivity index (χ4v) is 1.63. The van der Waals surface area contributed by atoms with Crippen molar-refractivity contribution in [3.63, 3.8) is 0 Å². The first-order valence-electron chi connectivity index (χ1n) is 4.99. The van der Waals surface area contributed by atoms with Crippen molar-refractivity contribution in [2.45, 2.75) is 38.6 Å². The van der Waals surface area contributed by atoms with Crippen molar-refractivity contribution in [2.75, 3.05) is 19.8 Å². The van der Waals surface area contributed by atoms with E-state index in [4.69, 9.17) is 4.74 Å². The van der Waals surface area contributed by atoms with Crippen LogP contribution in [0, 0.1) is 11.8 Å². The predicted molar refractivity (Wildman–Crippen MR) is 54.5 cm³/mol. The fourth-order valence-electron chi connectivity index (χ4n) is 1.63. The third-order valence-electron chi connectivity index (χ3n) is 2.42. The van der Waals surface area contributed by atoms with E-state index in [0.717, 1.165) is 26.2 Å². The first-order chi connectivity index (χ1) is 6.27. The van der Waals surface area contributed by atoms with Crippen molar-refractivity contribution in [1.82, 2.24) is 5.32 Å². The zero-order chi connectivity index (χ0) is 9.57. The summed E-state index contributed by atoms with van der Waals surface area (Å²) in [5, 5.41) is 3.51. The van der Waals surface area contributed by atoms with Crippen LogP contribution in [0.5, 0.6) is 0 Å². The summed E-state index contributed by atoms with van der Waals surface area (Å²) in [6.07, 6.45) is 3.32. The highest BCUT2D eigenvalue weighted by atomic mass is 16.5. The summed E-state index contributed by atoms with van der Waals surface area (Å²) in [6.45, 7) is 6.84. The summed E-state index contributed by atoms with van der Waals surface area (Å²) >= 11 is 0. The molecule has 0 aromatic heterocycles. The van der Waals surface area contributed by atoms with Gasteiger partial charge in [0.1, 0.15) is 0 Å². The van der Waals surface area contributed by atoms with Gasteiger partial charge in [0.25, 0.3) is 0 Å². The Morgan fingerprint density at radius 3 is 3.00 bits per heavy atom. The molecular formula is C11H19NO. The van der Waals surface area contributed by atoms with Gasteiger partial charge in [-0.15, -0.1) is 11.8 Å². The maximum absolute atomic E-state index is 5.44. The lowest BCUT2D eigenvalue weighted by molar-refractivity contribution is 0.0291. The van der Waals surface area contributed by atoms with E-state index in [1.165, 1.54) is 12.8 Å². The molecule has 0 bridgehead atoms. The average molecular weight is 181 g/mol. The maximum atomic E-state index is 5.44. The van der Waals surface area contributed by atoms with Crippen molar-refractivity contribution >= 4 is 0 Å². The van der Waals surface area contributed by atoms with Gasteiger partial charge in [0.15, 0.2) is 0 Å². The summed E-state index contributed by atoms with van der Waals surface area (Å²) in [7, 11) is 0. The van der Waals surface area contributed by atoms with E-state index in [9.17, 15) is 0 Å². The zero-order valence-electron chi connectivity index (χ0n) is 8.65. The molecule has 1 aliphatic heterocycles. The third kappa shape index (κ3) is 3.80. The van der Waals surface area contributed by atoms with E-state index >= 15 is 0 Å². The molecule has 0 aromatic carbocycles. The van der Waals surface area contributed by atoms with Gasteiger partial charge in [-0.05, 0) is 26.7 Å². The van der Waals surface area contributed by atoms with Crippen LogP contribution in [0.1, 0.15) is 33.1 Å². The van der Waals surface area contributed by atoms with Crippen LogP contribution in [0.4, 0.5) is 0 Å². The van der Waals surface area contributed by atoms with Crippen LogP contribution >= 0.6 is 0 Å². The molecule has 1 N–H and O–H groups in total. The monoisotopic (exact) mass is 181 g/mol. The molecule has 1 unspecified atom stereocenters. The van der Waals surface area contributed by atoms with Crippen molar-refractivity contribution in [1.29, 1.82) is 0 Å². The van der Waals surface area contributed by atoms with Gasteiger partial charge in [0, 0.05) is 25.1 Å². The Kier molecular flexibility index (Phi) is 4.27. The molecule has 1 fully saturated rings. The van der Waals surface area contributed by atoms with Crippen LogP contribution in [0.3, 0.4) is 0 Å².